The van der Waals surface area contributed by atoms with Gasteiger partial charge in [0.1, 0.15) is 0 Å². The maximum Gasteiger partial charge on any atom is 0.253 e. The number of halogens is 1. The first-order valence-corrected chi connectivity index (χ1v) is 7.26. The third-order valence-electron chi connectivity index (χ3n) is 3.55. The number of carbonyl (C=O) groups excluding carboxylic acids is 1. The highest BCUT2D eigenvalue weighted by Gasteiger charge is 2.23. The van der Waals surface area contributed by atoms with Gasteiger partial charge in [0.2, 0.25) is 0 Å². The number of rotatable bonds is 5. The normalized spacial score (nSPS) is 21.4. The van der Waals surface area contributed by atoms with E-state index < -0.39 is 12.0 Å². The van der Waals surface area contributed by atoms with E-state index in [0.717, 1.165) is 26.1 Å². The second kappa shape index (κ2) is 7.07. The predicted molar refractivity (Wildman–Crippen MR) is 77.6 cm³/mol. The number of aliphatic hydroxyl groups excluding tert-OH is 1. The van der Waals surface area contributed by atoms with Crippen LogP contribution in [0.4, 0.5) is 0 Å². The van der Waals surface area contributed by atoms with Crippen LogP contribution >= 0.6 is 11.6 Å². The first-order valence-electron chi connectivity index (χ1n) is 6.88. The van der Waals surface area contributed by atoms with Gasteiger partial charge in [-0.25, -0.2) is 0 Å². The van der Waals surface area contributed by atoms with Gasteiger partial charge in [0.15, 0.2) is 6.10 Å². The van der Waals surface area contributed by atoms with Crippen LogP contribution in [0.3, 0.4) is 0 Å². The number of hydrogen-bond acceptors (Lipinski definition) is 3. The lowest BCUT2D eigenvalue weighted by Crippen LogP contribution is -2.37. The number of carbonyl (C=O) groups is 1. The van der Waals surface area contributed by atoms with Crippen LogP contribution in [0.1, 0.15) is 31.4 Å². The Labute approximate surface area is 124 Å². The molecule has 0 radical (unpaired) electrons. The highest BCUT2D eigenvalue weighted by Crippen LogP contribution is 2.23. The van der Waals surface area contributed by atoms with Gasteiger partial charge in [0.05, 0.1) is 0 Å². The molecule has 0 unspecified atom stereocenters. The molecule has 1 aromatic rings. The summed E-state index contributed by atoms with van der Waals surface area (Å²) >= 11 is 5.98. The summed E-state index contributed by atoms with van der Waals surface area (Å²) in [5, 5.41) is 13.3. The number of benzene rings is 1. The lowest BCUT2D eigenvalue weighted by Gasteiger charge is -2.19. The third-order valence-corrected chi connectivity index (χ3v) is 3.89. The molecule has 1 aliphatic heterocycles. The minimum atomic E-state index is -1.23. The summed E-state index contributed by atoms with van der Waals surface area (Å²) in [5.41, 5.74) is 0.433. The van der Waals surface area contributed by atoms with Crippen molar-refractivity contribution in [3.63, 3.8) is 0 Å². The molecule has 1 fully saturated rings. The molecule has 1 heterocycles. The Morgan fingerprint density at radius 2 is 2.30 bits per heavy atom. The molecule has 110 valence electrons. The maximum atomic E-state index is 12.0. The number of ether oxygens (including phenoxy) is 1. The molecule has 1 saturated heterocycles. The van der Waals surface area contributed by atoms with Crippen molar-refractivity contribution in [1.29, 1.82) is 0 Å². The van der Waals surface area contributed by atoms with Crippen molar-refractivity contribution in [2.24, 2.45) is 5.92 Å². The lowest BCUT2D eigenvalue weighted by molar-refractivity contribution is -0.130. The van der Waals surface area contributed by atoms with Crippen molar-refractivity contribution in [3.8, 4) is 0 Å². The fourth-order valence-corrected chi connectivity index (χ4v) is 2.73. The van der Waals surface area contributed by atoms with Crippen molar-refractivity contribution in [2.75, 3.05) is 13.2 Å². The van der Waals surface area contributed by atoms with E-state index in [1.54, 1.807) is 24.3 Å². The molecule has 2 N–H and O–H groups in total. The van der Waals surface area contributed by atoms with E-state index >= 15 is 0 Å². The van der Waals surface area contributed by atoms with Crippen molar-refractivity contribution >= 4 is 17.5 Å². The average molecular weight is 298 g/mol. The minimum Gasteiger partial charge on any atom is -0.381 e. The smallest absolute Gasteiger partial charge is 0.253 e. The molecule has 2 rings (SSSR count). The molecule has 1 amide bonds. The molecule has 0 bridgehead atoms. The van der Waals surface area contributed by atoms with Gasteiger partial charge in [-0.3, -0.25) is 4.79 Å². The zero-order chi connectivity index (χ0) is 14.5. The van der Waals surface area contributed by atoms with Gasteiger partial charge in [-0.1, -0.05) is 29.8 Å². The molecule has 0 aromatic heterocycles. The summed E-state index contributed by atoms with van der Waals surface area (Å²) in [7, 11) is 0. The maximum absolute atomic E-state index is 12.0. The zero-order valence-corrected chi connectivity index (χ0v) is 12.3. The van der Waals surface area contributed by atoms with E-state index in [4.69, 9.17) is 16.3 Å². The second-order valence-electron chi connectivity index (χ2n) is 5.30. The monoisotopic (exact) mass is 297 g/mol. The molecule has 0 spiro atoms. The van der Waals surface area contributed by atoms with Crippen LogP contribution in [-0.2, 0) is 9.53 Å². The van der Waals surface area contributed by atoms with Crippen LogP contribution < -0.4 is 5.32 Å². The van der Waals surface area contributed by atoms with Crippen molar-refractivity contribution < 1.29 is 14.6 Å². The van der Waals surface area contributed by atoms with Crippen molar-refractivity contribution in [1.82, 2.24) is 5.32 Å². The summed E-state index contributed by atoms with van der Waals surface area (Å²) < 4.78 is 5.32. The fourth-order valence-electron chi connectivity index (χ4n) is 2.49. The van der Waals surface area contributed by atoms with E-state index in [1.807, 2.05) is 6.92 Å². The first kappa shape index (κ1) is 15.3. The molecule has 20 heavy (non-hydrogen) atoms. The minimum absolute atomic E-state index is 0.00587. The van der Waals surface area contributed by atoms with E-state index in [1.165, 1.54) is 0 Å². The summed E-state index contributed by atoms with van der Waals surface area (Å²) in [6.07, 6.45) is 0.667. The molecule has 0 aliphatic carbocycles. The van der Waals surface area contributed by atoms with Gasteiger partial charge in [-0.2, -0.15) is 0 Å². The number of amides is 1. The fraction of sp³-hybridized carbons (Fsp3) is 0.533. The highest BCUT2D eigenvalue weighted by molar-refractivity contribution is 6.31. The Morgan fingerprint density at radius 3 is 2.95 bits per heavy atom. The molecular formula is C15H20ClNO3. The van der Waals surface area contributed by atoms with Crippen LogP contribution in [0.25, 0.3) is 0 Å². The Morgan fingerprint density at radius 1 is 1.55 bits per heavy atom. The quantitative estimate of drug-likeness (QED) is 0.877. The van der Waals surface area contributed by atoms with E-state index in [9.17, 15) is 9.90 Å². The first-order chi connectivity index (χ1) is 9.58. The summed E-state index contributed by atoms with van der Waals surface area (Å²) in [6, 6.07) is 6.83. The molecule has 5 heteroatoms. The van der Waals surface area contributed by atoms with Gasteiger partial charge in [-0.15, -0.1) is 0 Å². The summed E-state index contributed by atoms with van der Waals surface area (Å²) in [5.74, 6) is 0.0762. The topological polar surface area (TPSA) is 58.6 Å². The molecule has 0 saturated carbocycles. The number of aliphatic hydroxyl groups is 1. The Hall–Kier alpha value is -1.10. The van der Waals surface area contributed by atoms with Gasteiger partial charge in [0, 0.05) is 29.8 Å². The molecule has 3 atom stereocenters. The van der Waals surface area contributed by atoms with Crippen molar-refractivity contribution in [3.05, 3.63) is 34.9 Å². The van der Waals surface area contributed by atoms with Gasteiger partial charge >= 0.3 is 0 Å². The summed E-state index contributed by atoms with van der Waals surface area (Å²) in [6.45, 7) is 3.50. The number of nitrogens with one attached hydrogen (secondary N) is 1. The highest BCUT2D eigenvalue weighted by atomic mass is 35.5. The van der Waals surface area contributed by atoms with Gasteiger partial charge in [-0.05, 0) is 31.7 Å². The van der Waals surface area contributed by atoms with Crippen molar-refractivity contribution in [2.45, 2.75) is 31.9 Å². The summed E-state index contributed by atoms with van der Waals surface area (Å²) in [4.78, 5) is 12.0. The van der Waals surface area contributed by atoms with Crippen LogP contribution in [0.5, 0.6) is 0 Å². The second-order valence-corrected chi connectivity index (χ2v) is 5.71. The molecular weight excluding hydrogens is 278 g/mol. The molecule has 1 aliphatic rings. The third kappa shape index (κ3) is 3.95. The Bertz CT molecular complexity index is 460. The van der Waals surface area contributed by atoms with Crippen LogP contribution in [-0.4, -0.2) is 30.3 Å². The van der Waals surface area contributed by atoms with Crippen LogP contribution in [0.15, 0.2) is 24.3 Å². The molecule has 4 nitrogen and oxygen atoms in total. The lowest BCUT2D eigenvalue weighted by atomic mass is 10.00. The standard InChI is InChI=1S/C15H20ClNO3/c1-10(8-11-6-7-20-9-11)17-15(19)14(18)12-4-2-3-5-13(12)16/h2-5,10-11,14,18H,6-9H2,1H3,(H,17,19)/t10-,11-,14-/m1/s1. The zero-order valence-electron chi connectivity index (χ0n) is 11.5. The van der Waals surface area contributed by atoms with Crippen LogP contribution in [0, 0.1) is 5.92 Å². The van der Waals surface area contributed by atoms with Gasteiger partial charge in [0.25, 0.3) is 5.91 Å². The van der Waals surface area contributed by atoms with E-state index in [-0.39, 0.29) is 6.04 Å². The predicted octanol–water partition coefficient (Wildman–Crippen LogP) is 2.30. The SMILES string of the molecule is C[C@H](C[C@H]1CCOC1)NC(=O)[C@H](O)c1ccccc1Cl. The number of hydrogen-bond donors (Lipinski definition) is 2. The average Bonchev–Trinajstić information content (AvgIpc) is 2.91. The van der Waals surface area contributed by atoms with E-state index in [2.05, 4.69) is 5.32 Å². The van der Waals surface area contributed by atoms with E-state index in [0.29, 0.717) is 16.5 Å². The van der Waals surface area contributed by atoms with Crippen LogP contribution in [0.2, 0.25) is 5.02 Å². The molecule has 1 aromatic carbocycles. The van der Waals surface area contributed by atoms with Gasteiger partial charge < -0.3 is 15.2 Å². The Balaban J connectivity index is 1.88. The Kier molecular flexibility index (Phi) is 5.40. The largest absolute Gasteiger partial charge is 0.381 e.